The molecule has 1 saturated heterocycles. The number of amides is 1. The van der Waals surface area contributed by atoms with Crippen LogP contribution in [0.25, 0.3) is 0 Å². The summed E-state index contributed by atoms with van der Waals surface area (Å²) in [5, 5.41) is 2.92. The van der Waals surface area contributed by atoms with Crippen molar-refractivity contribution in [2.24, 2.45) is 0 Å². The number of aromatic nitrogens is 1. The Bertz CT molecular complexity index is 1060. The average molecular weight is 472 g/mol. The van der Waals surface area contributed by atoms with Gasteiger partial charge in [0.2, 0.25) is 21.8 Å². The molecule has 0 radical (unpaired) electrons. The number of rotatable bonds is 8. The van der Waals surface area contributed by atoms with Gasteiger partial charge in [0, 0.05) is 29.6 Å². The molecule has 0 unspecified atom stereocenters. The Hall–Kier alpha value is -2.71. The van der Waals surface area contributed by atoms with Crippen molar-refractivity contribution in [2.45, 2.75) is 69.0 Å². The van der Waals surface area contributed by atoms with Crippen LogP contribution in [0.3, 0.4) is 0 Å². The quantitative estimate of drug-likeness (QED) is 0.593. The zero-order chi connectivity index (χ0) is 24.3. The summed E-state index contributed by atoms with van der Waals surface area (Å²) in [6.07, 6.45) is 4.30. The van der Waals surface area contributed by atoms with E-state index >= 15 is 0 Å². The molecule has 0 spiro atoms. The summed E-state index contributed by atoms with van der Waals surface area (Å²) >= 11 is 0. The first-order valence-corrected chi connectivity index (χ1v) is 12.5. The van der Waals surface area contributed by atoms with E-state index in [-0.39, 0.29) is 16.8 Å². The summed E-state index contributed by atoms with van der Waals surface area (Å²) in [5.41, 5.74) is -0.274. The van der Waals surface area contributed by atoms with E-state index in [1.165, 1.54) is 18.3 Å². The fourth-order valence-electron chi connectivity index (χ4n) is 4.90. The van der Waals surface area contributed by atoms with Crippen molar-refractivity contribution >= 4 is 15.9 Å². The van der Waals surface area contributed by atoms with Gasteiger partial charge in [-0.15, -0.1) is 0 Å². The molecule has 1 aromatic carbocycles. The van der Waals surface area contributed by atoms with Crippen LogP contribution in [0.2, 0.25) is 0 Å². The number of hydrogen-bond donors (Lipinski definition) is 1. The van der Waals surface area contributed by atoms with Gasteiger partial charge in [-0.25, -0.2) is 13.4 Å². The van der Waals surface area contributed by atoms with Crippen LogP contribution in [0, 0.1) is 0 Å². The summed E-state index contributed by atoms with van der Waals surface area (Å²) in [7, 11) is -3.83. The second-order valence-corrected chi connectivity index (χ2v) is 11.4. The Labute approximate surface area is 196 Å². The number of carbonyl (C=O) groups is 1. The minimum atomic E-state index is -3.83. The highest BCUT2D eigenvalue weighted by Crippen LogP contribution is 2.42. The minimum absolute atomic E-state index is 0.118. The smallest absolute Gasteiger partial charge is 0.245 e. The van der Waals surface area contributed by atoms with Gasteiger partial charge in [-0.2, -0.15) is 4.31 Å². The maximum Gasteiger partial charge on any atom is 0.245 e. The van der Waals surface area contributed by atoms with Crippen molar-refractivity contribution in [1.29, 1.82) is 0 Å². The molecule has 1 aliphatic rings. The molecule has 8 heteroatoms. The molecule has 0 bridgehead atoms. The lowest BCUT2D eigenvalue weighted by Gasteiger charge is -2.53. The molecule has 1 aromatic heterocycles. The molecule has 1 aliphatic heterocycles. The van der Waals surface area contributed by atoms with Gasteiger partial charge in [-0.1, -0.05) is 36.9 Å². The van der Waals surface area contributed by atoms with Crippen LogP contribution in [0.5, 0.6) is 5.88 Å². The first-order chi connectivity index (χ1) is 15.5. The number of hydrogen-bond acceptors (Lipinski definition) is 5. The van der Waals surface area contributed by atoms with Crippen LogP contribution in [-0.4, -0.2) is 47.3 Å². The van der Waals surface area contributed by atoms with Crippen LogP contribution < -0.4 is 10.1 Å². The molecule has 7 nitrogen and oxygen atoms in total. The van der Waals surface area contributed by atoms with Gasteiger partial charge >= 0.3 is 0 Å². The van der Waals surface area contributed by atoms with E-state index in [0.717, 1.165) is 12.0 Å². The molecule has 2 aromatic rings. The summed E-state index contributed by atoms with van der Waals surface area (Å²) in [6, 6.07) is 13.0. The lowest BCUT2D eigenvalue weighted by Crippen LogP contribution is -2.65. The second-order valence-electron chi connectivity index (χ2n) is 9.63. The van der Waals surface area contributed by atoms with Gasteiger partial charge < -0.3 is 10.1 Å². The number of sulfonamides is 1. The van der Waals surface area contributed by atoms with Gasteiger partial charge in [0.1, 0.15) is 4.90 Å². The van der Waals surface area contributed by atoms with Gasteiger partial charge in [0.05, 0.1) is 12.8 Å². The first-order valence-electron chi connectivity index (χ1n) is 11.1. The highest BCUT2D eigenvalue weighted by molar-refractivity contribution is 7.89. The topological polar surface area (TPSA) is 88.6 Å². The Balaban J connectivity index is 1.74. The number of carbonyl (C=O) groups excluding carboxylic acids is 1. The van der Waals surface area contributed by atoms with Gasteiger partial charge in [0.25, 0.3) is 0 Å². The fourth-order valence-corrected chi connectivity index (χ4v) is 6.99. The third-order valence-corrected chi connectivity index (χ3v) is 8.16. The fraction of sp³-hybridized carbons (Fsp3) is 0.440. The van der Waals surface area contributed by atoms with Crippen LogP contribution >= 0.6 is 0 Å². The van der Waals surface area contributed by atoms with Crippen molar-refractivity contribution in [3.8, 4) is 5.88 Å². The van der Waals surface area contributed by atoms with E-state index in [9.17, 15) is 13.2 Å². The normalized spacial score (nSPS) is 18.4. The molecule has 0 saturated carbocycles. The van der Waals surface area contributed by atoms with Crippen molar-refractivity contribution in [2.75, 3.05) is 6.61 Å². The largest absolute Gasteiger partial charge is 0.477 e. The number of ether oxygens (including phenoxy) is 1. The maximum atomic E-state index is 13.7. The monoisotopic (exact) mass is 471 g/mol. The molecule has 178 valence electrons. The van der Waals surface area contributed by atoms with E-state index < -0.39 is 21.1 Å². The highest BCUT2D eigenvalue weighted by Gasteiger charge is 2.52. The molecule has 1 amide bonds. The summed E-state index contributed by atoms with van der Waals surface area (Å²) in [5.74, 6) is 0.129. The second kappa shape index (κ2) is 9.65. The van der Waals surface area contributed by atoms with Gasteiger partial charge in [-0.05, 0) is 58.2 Å². The molecule has 0 atom stereocenters. The minimum Gasteiger partial charge on any atom is -0.477 e. The molecule has 1 fully saturated rings. The van der Waals surface area contributed by atoms with Gasteiger partial charge in [0.15, 0.2) is 0 Å². The summed E-state index contributed by atoms with van der Waals surface area (Å²) in [6.45, 7) is 11.5. The molecule has 2 heterocycles. The summed E-state index contributed by atoms with van der Waals surface area (Å²) < 4.78 is 34.6. The van der Waals surface area contributed by atoms with E-state index in [1.54, 1.807) is 10.4 Å². The number of nitrogens with one attached hydrogen (secondary N) is 1. The number of pyridine rings is 1. The third-order valence-electron chi connectivity index (χ3n) is 5.85. The Morgan fingerprint density at radius 3 is 2.33 bits per heavy atom. The molecule has 1 N–H and O–H groups in total. The van der Waals surface area contributed by atoms with Crippen LogP contribution in [0.1, 0.15) is 46.1 Å². The average Bonchev–Trinajstić information content (AvgIpc) is 2.72. The predicted molar refractivity (Wildman–Crippen MR) is 128 cm³/mol. The SMILES string of the molecule is C=CC(=O)NC1CC(C)(C)N(S(=O)(=O)c2ccc(OCCc3ccccc3)nc2)C(C)(C)C1. The Morgan fingerprint density at radius 1 is 1.15 bits per heavy atom. The van der Waals surface area contributed by atoms with Crippen LogP contribution in [-0.2, 0) is 21.2 Å². The molecular formula is C25H33N3O4S. The number of benzene rings is 1. The number of piperidine rings is 1. The standard InChI is InChI=1S/C25H33N3O4S/c1-6-22(29)27-20-16-24(2,3)28(25(4,5)17-20)33(30,31)21-12-13-23(26-18-21)32-15-14-19-10-8-7-9-11-19/h6-13,18,20H,1,14-17H2,2-5H3,(H,27,29). The lowest BCUT2D eigenvalue weighted by atomic mass is 9.79. The predicted octanol–water partition coefficient (Wildman–Crippen LogP) is 3.72. The van der Waals surface area contributed by atoms with Crippen LogP contribution in [0.15, 0.2) is 66.2 Å². The van der Waals surface area contributed by atoms with E-state index in [4.69, 9.17) is 4.74 Å². The van der Waals surface area contributed by atoms with Crippen molar-refractivity contribution in [3.05, 3.63) is 66.9 Å². The van der Waals surface area contributed by atoms with Crippen LogP contribution in [0.4, 0.5) is 0 Å². The van der Waals surface area contributed by atoms with E-state index in [1.807, 2.05) is 58.0 Å². The van der Waals surface area contributed by atoms with Gasteiger partial charge in [-0.3, -0.25) is 4.79 Å². The van der Waals surface area contributed by atoms with Crippen molar-refractivity contribution in [3.63, 3.8) is 0 Å². The molecular weight excluding hydrogens is 438 g/mol. The zero-order valence-corrected chi connectivity index (χ0v) is 20.6. The first kappa shape index (κ1) is 24.9. The maximum absolute atomic E-state index is 13.7. The van der Waals surface area contributed by atoms with Crippen molar-refractivity contribution in [1.82, 2.24) is 14.6 Å². The third kappa shape index (κ3) is 5.81. The molecule has 0 aliphatic carbocycles. The van der Waals surface area contributed by atoms with E-state index in [2.05, 4.69) is 16.9 Å². The summed E-state index contributed by atoms with van der Waals surface area (Å²) in [4.78, 5) is 16.2. The Kier molecular flexibility index (Phi) is 7.29. The lowest BCUT2D eigenvalue weighted by molar-refractivity contribution is -0.118. The Morgan fingerprint density at radius 2 is 1.79 bits per heavy atom. The van der Waals surface area contributed by atoms with Crippen molar-refractivity contribution < 1.29 is 17.9 Å². The highest BCUT2D eigenvalue weighted by atomic mass is 32.2. The molecule has 3 rings (SSSR count). The molecule has 33 heavy (non-hydrogen) atoms. The zero-order valence-electron chi connectivity index (χ0n) is 19.7. The van der Waals surface area contributed by atoms with E-state index in [0.29, 0.717) is 25.3 Å². The number of nitrogens with zero attached hydrogens (tertiary/aromatic N) is 2.